The van der Waals surface area contributed by atoms with Gasteiger partial charge in [0.1, 0.15) is 0 Å². The number of nitrogens with zero attached hydrogens (tertiary/aromatic N) is 2. The average Bonchev–Trinajstić information content (AvgIpc) is 2.92. The number of rotatable bonds is 4. The van der Waals surface area contributed by atoms with Gasteiger partial charge in [0, 0.05) is 43.9 Å². The zero-order chi connectivity index (χ0) is 13.8. The number of pyridine rings is 1. The summed E-state index contributed by atoms with van der Waals surface area (Å²) in [6.45, 7) is 3.45. The minimum atomic E-state index is 0.255. The predicted molar refractivity (Wildman–Crippen MR) is 76.2 cm³/mol. The molecule has 0 radical (unpaired) electrons. The number of likely N-dealkylation sites (tertiary alicyclic amines) is 1. The molecule has 0 N–H and O–H groups in total. The van der Waals surface area contributed by atoms with Crippen molar-refractivity contribution in [2.45, 2.75) is 32.1 Å². The van der Waals surface area contributed by atoms with Crippen LogP contribution in [0.4, 0.5) is 0 Å². The summed E-state index contributed by atoms with van der Waals surface area (Å²) in [4.78, 5) is 18.1. The molecule has 0 unspecified atom stereocenters. The second-order valence-electron chi connectivity index (χ2n) is 6.08. The lowest BCUT2D eigenvalue weighted by molar-refractivity contribution is -0.137. The summed E-state index contributed by atoms with van der Waals surface area (Å²) >= 11 is 0. The van der Waals surface area contributed by atoms with E-state index >= 15 is 0 Å². The maximum atomic E-state index is 12.1. The quantitative estimate of drug-likeness (QED) is 0.844. The molecule has 20 heavy (non-hydrogen) atoms. The number of piperidine rings is 1. The summed E-state index contributed by atoms with van der Waals surface area (Å²) in [6.07, 6.45) is 8.49. The van der Waals surface area contributed by atoms with Crippen LogP contribution in [0.2, 0.25) is 0 Å². The van der Waals surface area contributed by atoms with Gasteiger partial charge < -0.3 is 9.64 Å². The van der Waals surface area contributed by atoms with E-state index in [1.54, 1.807) is 0 Å². The van der Waals surface area contributed by atoms with Gasteiger partial charge in [-0.15, -0.1) is 0 Å². The third-order valence-electron chi connectivity index (χ3n) is 4.58. The lowest BCUT2D eigenvalue weighted by Crippen LogP contribution is -2.47. The van der Waals surface area contributed by atoms with Crippen molar-refractivity contribution < 1.29 is 9.53 Å². The third kappa shape index (κ3) is 3.01. The minimum absolute atomic E-state index is 0.255. The molecule has 1 aromatic rings. The van der Waals surface area contributed by atoms with Crippen LogP contribution in [0, 0.1) is 5.41 Å². The minimum Gasteiger partial charge on any atom is -0.381 e. The van der Waals surface area contributed by atoms with Crippen molar-refractivity contribution in [1.82, 2.24) is 9.88 Å². The number of aryl methyl sites for hydroxylation is 1. The molecule has 4 heteroatoms. The molecule has 1 aromatic heterocycles. The standard InChI is InChI=1S/C16H22N2O2/c19-15-3-6-16(7-11-20-13-16)12-18(15)10-1-2-14-4-8-17-9-5-14/h4-5,8-9H,1-3,6-7,10-13H2/t16-/m0/s1. The van der Waals surface area contributed by atoms with Gasteiger partial charge in [-0.25, -0.2) is 0 Å². The van der Waals surface area contributed by atoms with Crippen molar-refractivity contribution in [3.05, 3.63) is 30.1 Å². The van der Waals surface area contributed by atoms with Crippen LogP contribution in [0.25, 0.3) is 0 Å². The van der Waals surface area contributed by atoms with Crippen LogP contribution in [0.3, 0.4) is 0 Å². The fraction of sp³-hybridized carbons (Fsp3) is 0.625. The molecule has 1 atom stereocenters. The van der Waals surface area contributed by atoms with Crippen molar-refractivity contribution in [3.8, 4) is 0 Å². The fourth-order valence-corrected chi connectivity index (χ4v) is 3.30. The molecule has 1 amide bonds. The van der Waals surface area contributed by atoms with Crippen LogP contribution < -0.4 is 0 Å². The lowest BCUT2D eigenvalue weighted by atomic mass is 9.79. The molecule has 108 valence electrons. The first-order valence-corrected chi connectivity index (χ1v) is 7.52. The molecule has 2 aliphatic heterocycles. The maximum Gasteiger partial charge on any atom is 0.222 e. The van der Waals surface area contributed by atoms with E-state index in [2.05, 4.69) is 9.88 Å². The van der Waals surface area contributed by atoms with E-state index in [4.69, 9.17) is 4.74 Å². The number of carbonyl (C=O) groups excluding carboxylic acids is 1. The highest BCUT2D eigenvalue weighted by Crippen LogP contribution is 2.38. The summed E-state index contributed by atoms with van der Waals surface area (Å²) in [5.41, 5.74) is 1.55. The van der Waals surface area contributed by atoms with Crippen LogP contribution >= 0.6 is 0 Å². The first-order valence-electron chi connectivity index (χ1n) is 7.52. The Morgan fingerprint density at radius 3 is 2.90 bits per heavy atom. The Kier molecular flexibility index (Phi) is 4.01. The monoisotopic (exact) mass is 274 g/mol. The van der Waals surface area contributed by atoms with Gasteiger partial charge in [-0.3, -0.25) is 9.78 Å². The van der Waals surface area contributed by atoms with Gasteiger partial charge in [-0.05, 0) is 43.4 Å². The topological polar surface area (TPSA) is 42.4 Å². The molecule has 0 saturated carbocycles. The molecular formula is C16H22N2O2. The van der Waals surface area contributed by atoms with Gasteiger partial charge in [0.05, 0.1) is 6.61 Å². The van der Waals surface area contributed by atoms with Crippen molar-refractivity contribution in [2.24, 2.45) is 5.41 Å². The Morgan fingerprint density at radius 2 is 2.15 bits per heavy atom. The predicted octanol–water partition coefficient (Wildman–Crippen LogP) is 2.04. The molecular weight excluding hydrogens is 252 g/mol. The summed E-state index contributed by atoms with van der Waals surface area (Å²) in [6, 6.07) is 4.09. The molecule has 0 bridgehead atoms. The molecule has 0 aliphatic carbocycles. The first-order chi connectivity index (χ1) is 9.77. The Labute approximate surface area is 120 Å². The highest BCUT2D eigenvalue weighted by Gasteiger charge is 2.41. The highest BCUT2D eigenvalue weighted by atomic mass is 16.5. The Balaban J connectivity index is 1.52. The van der Waals surface area contributed by atoms with Crippen LogP contribution in [-0.4, -0.2) is 42.1 Å². The SMILES string of the molecule is O=C1CC[C@]2(CCOC2)CN1CCCc1ccncc1. The number of amides is 1. The van der Waals surface area contributed by atoms with Crippen molar-refractivity contribution in [1.29, 1.82) is 0 Å². The van der Waals surface area contributed by atoms with Crippen molar-refractivity contribution in [2.75, 3.05) is 26.3 Å². The van der Waals surface area contributed by atoms with Gasteiger partial charge in [-0.1, -0.05) is 0 Å². The lowest BCUT2D eigenvalue weighted by Gasteiger charge is -2.39. The van der Waals surface area contributed by atoms with Gasteiger partial charge in [0.25, 0.3) is 0 Å². The van der Waals surface area contributed by atoms with Crippen LogP contribution in [-0.2, 0) is 16.0 Å². The largest absolute Gasteiger partial charge is 0.381 e. The van der Waals surface area contributed by atoms with E-state index in [-0.39, 0.29) is 5.41 Å². The van der Waals surface area contributed by atoms with Crippen LogP contribution in [0.1, 0.15) is 31.2 Å². The molecule has 2 saturated heterocycles. The van der Waals surface area contributed by atoms with Gasteiger partial charge >= 0.3 is 0 Å². The molecule has 3 heterocycles. The second-order valence-corrected chi connectivity index (χ2v) is 6.08. The van der Waals surface area contributed by atoms with Crippen LogP contribution in [0.15, 0.2) is 24.5 Å². The van der Waals surface area contributed by atoms with E-state index < -0.39 is 0 Å². The molecule has 2 fully saturated rings. The number of hydrogen-bond donors (Lipinski definition) is 0. The Morgan fingerprint density at radius 1 is 1.30 bits per heavy atom. The fourth-order valence-electron chi connectivity index (χ4n) is 3.30. The van der Waals surface area contributed by atoms with E-state index in [1.165, 1.54) is 5.56 Å². The summed E-state index contributed by atoms with van der Waals surface area (Å²) in [5.74, 6) is 0.317. The van der Waals surface area contributed by atoms with Crippen molar-refractivity contribution in [3.63, 3.8) is 0 Å². The molecule has 2 aliphatic rings. The first kappa shape index (κ1) is 13.6. The molecule has 1 spiro atoms. The van der Waals surface area contributed by atoms with E-state index in [0.29, 0.717) is 12.3 Å². The van der Waals surface area contributed by atoms with E-state index in [0.717, 1.165) is 52.0 Å². The normalized spacial score (nSPS) is 26.4. The van der Waals surface area contributed by atoms with Gasteiger partial charge in [0.2, 0.25) is 5.91 Å². The third-order valence-corrected chi connectivity index (χ3v) is 4.58. The van der Waals surface area contributed by atoms with Gasteiger partial charge in [0.15, 0.2) is 0 Å². The summed E-state index contributed by atoms with van der Waals surface area (Å²) in [5, 5.41) is 0. The summed E-state index contributed by atoms with van der Waals surface area (Å²) < 4.78 is 5.55. The van der Waals surface area contributed by atoms with E-state index in [9.17, 15) is 4.79 Å². The van der Waals surface area contributed by atoms with Crippen molar-refractivity contribution >= 4 is 5.91 Å². The Bertz CT molecular complexity index is 455. The molecule has 4 nitrogen and oxygen atoms in total. The highest BCUT2D eigenvalue weighted by molar-refractivity contribution is 5.77. The maximum absolute atomic E-state index is 12.1. The number of aromatic nitrogens is 1. The zero-order valence-corrected chi connectivity index (χ0v) is 11.9. The van der Waals surface area contributed by atoms with E-state index in [1.807, 2.05) is 24.5 Å². The van der Waals surface area contributed by atoms with Gasteiger partial charge in [-0.2, -0.15) is 0 Å². The Hall–Kier alpha value is -1.42. The second kappa shape index (κ2) is 5.92. The number of hydrogen-bond acceptors (Lipinski definition) is 3. The molecule has 3 rings (SSSR count). The number of carbonyl (C=O) groups is 1. The number of ether oxygens (including phenoxy) is 1. The summed E-state index contributed by atoms with van der Waals surface area (Å²) in [7, 11) is 0. The molecule has 0 aromatic carbocycles. The smallest absolute Gasteiger partial charge is 0.222 e. The zero-order valence-electron chi connectivity index (χ0n) is 11.9. The van der Waals surface area contributed by atoms with Crippen LogP contribution in [0.5, 0.6) is 0 Å². The average molecular weight is 274 g/mol.